The second-order valence-corrected chi connectivity index (χ2v) is 5.60. The van der Waals surface area contributed by atoms with Gasteiger partial charge in [-0.25, -0.2) is 4.79 Å². The van der Waals surface area contributed by atoms with Gasteiger partial charge < -0.3 is 16.0 Å². The van der Waals surface area contributed by atoms with Crippen LogP contribution in [0, 0.1) is 0 Å². The lowest BCUT2D eigenvalue weighted by atomic mass is 10.1. The molecule has 0 unspecified atom stereocenters. The van der Waals surface area contributed by atoms with Gasteiger partial charge >= 0.3 is 6.03 Å². The molecule has 21 heavy (non-hydrogen) atoms. The van der Waals surface area contributed by atoms with Crippen molar-refractivity contribution < 1.29 is 4.79 Å². The lowest BCUT2D eigenvalue weighted by Gasteiger charge is -2.34. The highest BCUT2D eigenvalue weighted by atomic mass is 35.5. The van der Waals surface area contributed by atoms with Crippen molar-refractivity contribution in [3.05, 3.63) is 34.9 Å². The quantitative estimate of drug-likeness (QED) is 0.858. The molecule has 3 N–H and O–H groups in total. The van der Waals surface area contributed by atoms with Crippen LogP contribution in [0.25, 0.3) is 0 Å². The Labute approximate surface area is 131 Å². The molecule has 0 aliphatic carbocycles. The Hall–Kier alpha value is -1.30. The topological polar surface area (TPSA) is 61.6 Å². The van der Waals surface area contributed by atoms with Gasteiger partial charge in [0, 0.05) is 50.8 Å². The predicted molar refractivity (Wildman–Crippen MR) is 85.6 cm³/mol. The first kappa shape index (κ1) is 16.1. The predicted octanol–water partition coefficient (Wildman–Crippen LogP) is 1.17. The first-order valence-corrected chi connectivity index (χ1v) is 7.77. The summed E-state index contributed by atoms with van der Waals surface area (Å²) < 4.78 is 0. The number of rotatable bonds is 5. The normalized spacial score (nSPS) is 16.0. The number of amides is 2. The first-order chi connectivity index (χ1) is 10.2. The van der Waals surface area contributed by atoms with Crippen LogP contribution in [0.15, 0.2) is 24.3 Å². The molecule has 0 saturated carbocycles. The van der Waals surface area contributed by atoms with E-state index in [1.165, 1.54) is 0 Å². The molecule has 0 spiro atoms. The molecule has 0 aromatic heterocycles. The second kappa shape index (κ2) is 8.22. The molecule has 1 fully saturated rings. The van der Waals surface area contributed by atoms with Gasteiger partial charge in [-0.05, 0) is 18.1 Å². The van der Waals surface area contributed by atoms with Crippen molar-refractivity contribution >= 4 is 17.6 Å². The minimum atomic E-state index is 0.00875. The summed E-state index contributed by atoms with van der Waals surface area (Å²) in [5.41, 5.74) is 6.60. The summed E-state index contributed by atoms with van der Waals surface area (Å²) in [6.07, 6.45) is 0.749. The zero-order valence-electron chi connectivity index (χ0n) is 12.2. The van der Waals surface area contributed by atoms with E-state index >= 15 is 0 Å². The molecule has 116 valence electrons. The van der Waals surface area contributed by atoms with E-state index < -0.39 is 0 Å². The number of benzene rings is 1. The molecule has 1 aromatic carbocycles. The minimum Gasteiger partial charge on any atom is -0.338 e. The van der Waals surface area contributed by atoms with E-state index in [1.807, 2.05) is 29.2 Å². The molecule has 5 nitrogen and oxygen atoms in total. The van der Waals surface area contributed by atoms with Crippen molar-refractivity contribution in [2.45, 2.75) is 6.42 Å². The average Bonchev–Trinajstić information content (AvgIpc) is 2.50. The van der Waals surface area contributed by atoms with Crippen molar-refractivity contribution in [2.75, 3.05) is 45.8 Å². The Morgan fingerprint density at radius 2 is 1.95 bits per heavy atom. The van der Waals surface area contributed by atoms with Crippen LogP contribution in [-0.4, -0.2) is 61.6 Å². The second-order valence-electron chi connectivity index (χ2n) is 5.19. The van der Waals surface area contributed by atoms with E-state index in [4.69, 9.17) is 17.3 Å². The standard InChI is InChI=1S/C15H23ClN4O/c16-14-4-2-1-3-13(14)5-7-18-15(21)20-11-9-19(8-6-17)10-12-20/h1-4H,5-12,17H2,(H,18,21). The van der Waals surface area contributed by atoms with Gasteiger partial charge in [0.15, 0.2) is 0 Å². The fourth-order valence-corrected chi connectivity index (χ4v) is 2.70. The number of nitrogens with two attached hydrogens (primary N) is 1. The van der Waals surface area contributed by atoms with E-state index in [9.17, 15) is 4.79 Å². The number of piperazine rings is 1. The largest absolute Gasteiger partial charge is 0.338 e. The van der Waals surface area contributed by atoms with Gasteiger partial charge in [0.2, 0.25) is 0 Å². The van der Waals surface area contributed by atoms with Gasteiger partial charge in [0.25, 0.3) is 0 Å². The highest BCUT2D eigenvalue weighted by Crippen LogP contribution is 2.14. The number of urea groups is 1. The highest BCUT2D eigenvalue weighted by Gasteiger charge is 2.20. The Bertz CT molecular complexity index is 461. The number of carbonyl (C=O) groups is 1. The molecule has 0 atom stereocenters. The van der Waals surface area contributed by atoms with Crippen LogP contribution >= 0.6 is 11.6 Å². The Kier molecular flexibility index (Phi) is 6.29. The molecule has 6 heteroatoms. The van der Waals surface area contributed by atoms with Crippen LogP contribution in [0.1, 0.15) is 5.56 Å². The third kappa shape index (κ3) is 4.88. The number of hydrogen-bond acceptors (Lipinski definition) is 3. The maximum Gasteiger partial charge on any atom is 0.317 e. The van der Waals surface area contributed by atoms with Gasteiger partial charge in [-0.2, -0.15) is 0 Å². The summed E-state index contributed by atoms with van der Waals surface area (Å²) >= 11 is 6.10. The molecule has 1 saturated heterocycles. The monoisotopic (exact) mass is 310 g/mol. The van der Waals surface area contributed by atoms with Crippen molar-refractivity contribution in [2.24, 2.45) is 5.73 Å². The molecular formula is C15H23ClN4O. The maximum absolute atomic E-state index is 12.1. The van der Waals surface area contributed by atoms with E-state index in [-0.39, 0.29) is 6.03 Å². The van der Waals surface area contributed by atoms with E-state index in [1.54, 1.807) is 0 Å². The third-order valence-electron chi connectivity index (χ3n) is 3.73. The third-order valence-corrected chi connectivity index (χ3v) is 4.10. The Balaban J connectivity index is 1.70. The smallest absolute Gasteiger partial charge is 0.317 e. The van der Waals surface area contributed by atoms with Crippen molar-refractivity contribution in [3.63, 3.8) is 0 Å². The van der Waals surface area contributed by atoms with Gasteiger partial charge in [-0.3, -0.25) is 4.90 Å². The van der Waals surface area contributed by atoms with Crippen molar-refractivity contribution in [1.29, 1.82) is 0 Å². The SMILES string of the molecule is NCCN1CCN(C(=O)NCCc2ccccc2Cl)CC1. The van der Waals surface area contributed by atoms with Crippen LogP contribution < -0.4 is 11.1 Å². The lowest BCUT2D eigenvalue weighted by Crippen LogP contribution is -2.52. The minimum absolute atomic E-state index is 0.00875. The molecular weight excluding hydrogens is 288 g/mol. The fourth-order valence-electron chi connectivity index (χ4n) is 2.47. The van der Waals surface area contributed by atoms with Crippen LogP contribution in [-0.2, 0) is 6.42 Å². The molecule has 2 rings (SSSR count). The first-order valence-electron chi connectivity index (χ1n) is 7.39. The van der Waals surface area contributed by atoms with Crippen LogP contribution in [0.5, 0.6) is 0 Å². The van der Waals surface area contributed by atoms with Crippen LogP contribution in [0.3, 0.4) is 0 Å². The molecule has 1 aliphatic heterocycles. The highest BCUT2D eigenvalue weighted by molar-refractivity contribution is 6.31. The Morgan fingerprint density at radius 1 is 1.24 bits per heavy atom. The zero-order chi connectivity index (χ0) is 15.1. The summed E-state index contributed by atoms with van der Waals surface area (Å²) in [5, 5.41) is 3.71. The number of halogens is 1. The van der Waals surface area contributed by atoms with Crippen LogP contribution in [0.2, 0.25) is 5.02 Å². The number of hydrogen-bond donors (Lipinski definition) is 2. The van der Waals surface area contributed by atoms with Crippen molar-refractivity contribution in [3.8, 4) is 0 Å². The van der Waals surface area contributed by atoms with Gasteiger partial charge in [0.1, 0.15) is 0 Å². The summed E-state index contributed by atoms with van der Waals surface area (Å²) in [7, 11) is 0. The lowest BCUT2D eigenvalue weighted by molar-refractivity contribution is 0.141. The van der Waals surface area contributed by atoms with Crippen molar-refractivity contribution in [1.82, 2.24) is 15.1 Å². The number of nitrogens with one attached hydrogen (secondary N) is 1. The summed E-state index contributed by atoms with van der Waals surface area (Å²) in [6.45, 7) is 5.50. The van der Waals surface area contributed by atoms with Gasteiger partial charge in [-0.1, -0.05) is 29.8 Å². The Morgan fingerprint density at radius 3 is 2.62 bits per heavy atom. The molecule has 2 amide bonds. The number of nitrogens with zero attached hydrogens (tertiary/aromatic N) is 2. The molecule has 1 aliphatic rings. The average molecular weight is 311 g/mol. The van der Waals surface area contributed by atoms with E-state index in [0.717, 1.165) is 49.7 Å². The van der Waals surface area contributed by atoms with E-state index in [2.05, 4.69) is 10.2 Å². The molecule has 1 heterocycles. The molecule has 0 radical (unpaired) electrons. The fraction of sp³-hybridized carbons (Fsp3) is 0.533. The maximum atomic E-state index is 12.1. The molecule has 1 aromatic rings. The van der Waals surface area contributed by atoms with Crippen LogP contribution in [0.4, 0.5) is 4.79 Å². The summed E-state index contributed by atoms with van der Waals surface area (Å²) in [6, 6.07) is 7.73. The van der Waals surface area contributed by atoms with Gasteiger partial charge in [-0.15, -0.1) is 0 Å². The van der Waals surface area contributed by atoms with E-state index in [0.29, 0.717) is 13.1 Å². The summed E-state index contributed by atoms with van der Waals surface area (Å²) in [5.74, 6) is 0. The summed E-state index contributed by atoms with van der Waals surface area (Å²) in [4.78, 5) is 16.2. The molecule has 0 bridgehead atoms. The van der Waals surface area contributed by atoms with Gasteiger partial charge in [0.05, 0.1) is 0 Å². The zero-order valence-corrected chi connectivity index (χ0v) is 13.0. The number of carbonyl (C=O) groups excluding carboxylic acids is 1.